The molecule has 0 aliphatic rings. The third-order valence-corrected chi connectivity index (χ3v) is 2.83. The van der Waals surface area contributed by atoms with Crippen molar-refractivity contribution >= 4 is 34.8 Å². The number of benzene rings is 1. The van der Waals surface area contributed by atoms with Crippen LogP contribution in [0.5, 0.6) is 0 Å². The molecule has 0 fully saturated rings. The molecule has 16 heavy (non-hydrogen) atoms. The van der Waals surface area contributed by atoms with E-state index >= 15 is 0 Å². The second-order valence-corrected chi connectivity index (χ2v) is 4.44. The summed E-state index contributed by atoms with van der Waals surface area (Å²) in [6, 6.07) is 6.97. The van der Waals surface area contributed by atoms with Crippen molar-refractivity contribution in [3.05, 3.63) is 57.0 Å². The highest BCUT2D eigenvalue weighted by Crippen LogP contribution is 2.22. The normalized spacial score (nSPS) is 10.4. The van der Waals surface area contributed by atoms with E-state index in [1.165, 1.54) is 0 Å². The number of hydrogen-bond donors (Lipinski definition) is 0. The second kappa shape index (κ2) is 5.00. The molecule has 0 amide bonds. The molecular formula is C11H7Cl3N2. The van der Waals surface area contributed by atoms with Crippen molar-refractivity contribution in [3.63, 3.8) is 0 Å². The standard InChI is InChI=1S/C11H7Cl3N2/c12-8-2-1-7(9(13)6-8)5-11-15-4-3-10(14)16-11/h1-4,6H,5H2. The summed E-state index contributed by atoms with van der Waals surface area (Å²) in [5, 5.41) is 1.65. The molecule has 0 atom stereocenters. The van der Waals surface area contributed by atoms with Gasteiger partial charge in [-0.2, -0.15) is 0 Å². The van der Waals surface area contributed by atoms with E-state index in [1.54, 1.807) is 24.4 Å². The van der Waals surface area contributed by atoms with E-state index in [0.29, 0.717) is 27.4 Å². The van der Waals surface area contributed by atoms with Crippen molar-refractivity contribution in [3.8, 4) is 0 Å². The maximum atomic E-state index is 6.05. The fraction of sp³-hybridized carbons (Fsp3) is 0.0909. The van der Waals surface area contributed by atoms with Crippen molar-refractivity contribution in [1.29, 1.82) is 0 Å². The van der Waals surface area contributed by atoms with E-state index in [-0.39, 0.29) is 0 Å². The summed E-state index contributed by atoms with van der Waals surface area (Å²) in [6.07, 6.45) is 2.16. The van der Waals surface area contributed by atoms with Gasteiger partial charge in [0, 0.05) is 22.7 Å². The van der Waals surface area contributed by atoms with Gasteiger partial charge >= 0.3 is 0 Å². The molecule has 0 spiro atoms. The lowest BCUT2D eigenvalue weighted by molar-refractivity contribution is 0.968. The van der Waals surface area contributed by atoms with E-state index in [0.717, 1.165) is 5.56 Å². The summed E-state index contributed by atoms with van der Waals surface area (Å²) in [5.74, 6) is 0.636. The maximum Gasteiger partial charge on any atom is 0.134 e. The Bertz CT molecular complexity index is 514. The topological polar surface area (TPSA) is 25.8 Å². The first-order chi connectivity index (χ1) is 7.65. The number of nitrogens with zero attached hydrogens (tertiary/aromatic N) is 2. The first kappa shape index (κ1) is 11.6. The van der Waals surface area contributed by atoms with E-state index in [1.807, 2.05) is 6.07 Å². The van der Waals surface area contributed by atoms with Gasteiger partial charge in [0.15, 0.2) is 0 Å². The Labute approximate surface area is 108 Å². The van der Waals surface area contributed by atoms with E-state index in [2.05, 4.69) is 9.97 Å². The summed E-state index contributed by atoms with van der Waals surface area (Å²) in [5.41, 5.74) is 0.924. The minimum Gasteiger partial charge on any atom is -0.241 e. The summed E-state index contributed by atoms with van der Waals surface area (Å²) < 4.78 is 0. The van der Waals surface area contributed by atoms with Crippen LogP contribution in [-0.2, 0) is 6.42 Å². The van der Waals surface area contributed by atoms with Gasteiger partial charge in [0.2, 0.25) is 0 Å². The Hall–Kier alpha value is -0.830. The molecule has 0 bridgehead atoms. The number of rotatable bonds is 2. The Morgan fingerprint density at radius 3 is 2.56 bits per heavy atom. The highest BCUT2D eigenvalue weighted by molar-refractivity contribution is 6.35. The molecule has 0 aliphatic heterocycles. The predicted octanol–water partition coefficient (Wildman–Crippen LogP) is 4.03. The van der Waals surface area contributed by atoms with Crippen molar-refractivity contribution in [1.82, 2.24) is 9.97 Å². The molecule has 1 aromatic heterocycles. The third-order valence-electron chi connectivity index (χ3n) is 2.04. The zero-order valence-corrected chi connectivity index (χ0v) is 10.4. The molecule has 0 unspecified atom stereocenters. The van der Waals surface area contributed by atoms with Crippen molar-refractivity contribution in [2.24, 2.45) is 0 Å². The average Bonchev–Trinajstić information content (AvgIpc) is 2.22. The summed E-state index contributed by atoms with van der Waals surface area (Å²) in [6.45, 7) is 0. The Morgan fingerprint density at radius 1 is 1.06 bits per heavy atom. The molecule has 5 heteroatoms. The highest BCUT2D eigenvalue weighted by atomic mass is 35.5. The van der Waals surface area contributed by atoms with Crippen LogP contribution in [0.1, 0.15) is 11.4 Å². The second-order valence-electron chi connectivity index (χ2n) is 3.21. The number of aromatic nitrogens is 2. The van der Waals surface area contributed by atoms with Crippen LogP contribution in [0.25, 0.3) is 0 Å². The van der Waals surface area contributed by atoms with Crippen LogP contribution in [0.3, 0.4) is 0 Å². The average molecular weight is 274 g/mol. The van der Waals surface area contributed by atoms with Gasteiger partial charge in [-0.25, -0.2) is 9.97 Å². The minimum atomic E-state index is 0.426. The first-order valence-corrected chi connectivity index (χ1v) is 5.70. The van der Waals surface area contributed by atoms with Gasteiger partial charge in [-0.3, -0.25) is 0 Å². The van der Waals surface area contributed by atoms with Gasteiger partial charge in [0.1, 0.15) is 11.0 Å². The van der Waals surface area contributed by atoms with Crippen molar-refractivity contribution in [2.75, 3.05) is 0 Å². The molecule has 2 aromatic rings. The van der Waals surface area contributed by atoms with Crippen LogP contribution in [0, 0.1) is 0 Å². The third kappa shape index (κ3) is 2.85. The SMILES string of the molecule is Clc1ccc(Cc2nccc(Cl)n2)c(Cl)c1. The zero-order chi connectivity index (χ0) is 11.5. The smallest absolute Gasteiger partial charge is 0.134 e. The quantitative estimate of drug-likeness (QED) is 0.772. The van der Waals surface area contributed by atoms with Crippen LogP contribution in [0.2, 0.25) is 15.2 Å². The Kier molecular flexibility index (Phi) is 3.64. The minimum absolute atomic E-state index is 0.426. The maximum absolute atomic E-state index is 6.05. The Morgan fingerprint density at radius 2 is 1.88 bits per heavy atom. The fourth-order valence-corrected chi connectivity index (χ4v) is 1.92. The van der Waals surface area contributed by atoms with Gasteiger partial charge in [-0.1, -0.05) is 40.9 Å². The van der Waals surface area contributed by atoms with E-state index in [4.69, 9.17) is 34.8 Å². The molecule has 0 saturated carbocycles. The molecule has 2 nitrogen and oxygen atoms in total. The molecule has 0 saturated heterocycles. The molecule has 0 aliphatic carbocycles. The fourth-order valence-electron chi connectivity index (χ4n) is 1.29. The monoisotopic (exact) mass is 272 g/mol. The van der Waals surface area contributed by atoms with Gasteiger partial charge < -0.3 is 0 Å². The largest absolute Gasteiger partial charge is 0.241 e. The summed E-state index contributed by atoms with van der Waals surface area (Å²) in [4.78, 5) is 8.21. The lowest BCUT2D eigenvalue weighted by Crippen LogP contribution is -1.96. The summed E-state index contributed by atoms with van der Waals surface area (Å²) in [7, 11) is 0. The van der Waals surface area contributed by atoms with Crippen LogP contribution in [-0.4, -0.2) is 9.97 Å². The van der Waals surface area contributed by atoms with Crippen molar-refractivity contribution < 1.29 is 0 Å². The molecular weight excluding hydrogens is 266 g/mol. The van der Waals surface area contributed by atoms with Crippen LogP contribution in [0.4, 0.5) is 0 Å². The van der Waals surface area contributed by atoms with E-state index in [9.17, 15) is 0 Å². The lowest BCUT2D eigenvalue weighted by atomic mass is 10.1. The van der Waals surface area contributed by atoms with Crippen LogP contribution >= 0.6 is 34.8 Å². The molecule has 0 N–H and O–H groups in total. The molecule has 1 heterocycles. The van der Waals surface area contributed by atoms with Gasteiger partial charge in [0.05, 0.1) is 0 Å². The van der Waals surface area contributed by atoms with Crippen molar-refractivity contribution in [2.45, 2.75) is 6.42 Å². The van der Waals surface area contributed by atoms with Gasteiger partial charge in [0.25, 0.3) is 0 Å². The predicted molar refractivity (Wildman–Crippen MR) is 66.3 cm³/mol. The number of halogens is 3. The number of hydrogen-bond acceptors (Lipinski definition) is 2. The lowest BCUT2D eigenvalue weighted by Gasteiger charge is -2.03. The first-order valence-electron chi connectivity index (χ1n) is 4.56. The van der Waals surface area contributed by atoms with E-state index < -0.39 is 0 Å². The molecule has 2 rings (SSSR count). The molecule has 1 aromatic carbocycles. The van der Waals surface area contributed by atoms with Crippen LogP contribution < -0.4 is 0 Å². The molecule has 0 radical (unpaired) electrons. The highest BCUT2D eigenvalue weighted by Gasteiger charge is 2.05. The zero-order valence-electron chi connectivity index (χ0n) is 8.12. The van der Waals surface area contributed by atoms with Crippen LogP contribution in [0.15, 0.2) is 30.5 Å². The van der Waals surface area contributed by atoms with Gasteiger partial charge in [-0.15, -0.1) is 0 Å². The molecule has 82 valence electrons. The Balaban J connectivity index is 2.27. The van der Waals surface area contributed by atoms with Gasteiger partial charge in [-0.05, 0) is 23.8 Å². The summed E-state index contributed by atoms with van der Waals surface area (Å²) >= 11 is 17.6.